The van der Waals surface area contributed by atoms with E-state index in [1.54, 1.807) is 24.3 Å². The number of hydrogen-bond donors (Lipinski definition) is 0. The third kappa shape index (κ3) is 3.36. The Bertz CT molecular complexity index is 722. The van der Waals surface area contributed by atoms with Crippen LogP contribution < -0.4 is 4.74 Å². The van der Waals surface area contributed by atoms with Gasteiger partial charge in [-0.3, -0.25) is 4.79 Å². The van der Waals surface area contributed by atoms with E-state index in [9.17, 15) is 4.79 Å². The number of aryl methyl sites for hydroxylation is 2. The van der Waals surface area contributed by atoms with E-state index in [1.807, 2.05) is 26.0 Å². The predicted molar refractivity (Wildman–Crippen MR) is 86.2 cm³/mol. The number of hydrogen-bond acceptors (Lipinski definition) is 3. The quantitative estimate of drug-likeness (QED) is 0.481. The van der Waals surface area contributed by atoms with E-state index in [-0.39, 0.29) is 12.6 Å². The number of carbonyl (C=O) groups is 1. The summed E-state index contributed by atoms with van der Waals surface area (Å²) in [5.74, 6) is 2.95. The largest absolute Gasteiger partial charge is 0.467 e. The van der Waals surface area contributed by atoms with Crippen molar-refractivity contribution in [1.29, 1.82) is 0 Å². The van der Waals surface area contributed by atoms with Crippen LogP contribution >= 0.6 is 0 Å². The van der Waals surface area contributed by atoms with Crippen LogP contribution in [0.4, 0.5) is 0 Å². The van der Waals surface area contributed by atoms with Crippen LogP contribution in [0.25, 0.3) is 0 Å². The number of benzene rings is 2. The summed E-state index contributed by atoms with van der Waals surface area (Å²) in [6.07, 6.45) is 5.50. The molecule has 3 nitrogen and oxygen atoms in total. The van der Waals surface area contributed by atoms with Crippen molar-refractivity contribution in [3.05, 3.63) is 64.2 Å². The zero-order valence-electron chi connectivity index (χ0n) is 13.0. The highest BCUT2D eigenvalue weighted by molar-refractivity contribution is 6.11. The molecule has 0 heterocycles. The molecule has 0 bridgehead atoms. The van der Waals surface area contributed by atoms with E-state index in [0.717, 1.165) is 11.1 Å². The molecule has 2 rings (SSSR count). The first-order chi connectivity index (χ1) is 10.6. The summed E-state index contributed by atoms with van der Waals surface area (Å²) in [5, 5.41) is 0. The highest BCUT2D eigenvalue weighted by Gasteiger charge is 2.17. The molecule has 0 spiro atoms. The minimum absolute atomic E-state index is 0.0724. The van der Waals surface area contributed by atoms with Gasteiger partial charge in [-0.05, 0) is 31.5 Å². The minimum Gasteiger partial charge on any atom is -0.467 e. The van der Waals surface area contributed by atoms with Crippen molar-refractivity contribution >= 4 is 5.78 Å². The summed E-state index contributed by atoms with van der Waals surface area (Å²) in [5.41, 5.74) is 3.70. The first kappa shape index (κ1) is 15.8. The number of terminal acetylenes is 1. The summed E-state index contributed by atoms with van der Waals surface area (Å²) in [4.78, 5) is 12.7. The fraction of sp³-hybridized carbons (Fsp3) is 0.211. The van der Waals surface area contributed by atoms with E-state index in [0.29, 0.717) is 22.4 Å². The van der Waals surface area contributed by atoms with Gasteiger partial charge in [0, 0.05) is 18.2 Å². The van der Waals surface area contributed by atoms with Crippen LogP contribution in [0.2, 0.25) is 0 Å². The molecule has 0 fully saturated rings. The standard InChI is InChI=1S/C19H18O3/c1-5-15-11-17(18(10-14(15)3)22-12-21-4)19(20)16-8-6-13(2)7-9-16/h1,6-11H,12H2,2-4H3. The van der Waals surface area contributed by atoms with E-state index >= 15 is 0 Å². The van der Waals surface area contributed by atoms with Crippen LogP contribution in [0.5, 0.6) is 5.75 Å². The Kier molecular flexibility index (Phi) is 4.98. The molecule has 2 aromatic rings. The molecule has 0 atom stereocenters. The summed E-state index contributed by atoms with van der Waals surface area (Å²) >= 11 is 0. The molecule has 0 saturated heterocycles. The van der Waals surface area contributed by atoms with Crippen molar-refractivity contribution < 1.29 is 14.3 Å². The summed E-state index contributed by atoms with van der Waals surface area (Å²) in [6, 6.07) is 10.9. The van der Waals surface area contributed by atoms with Gasteiger partial charge >= 0.3 is 0 Å². The Balaban J connectivity index is 2.49. The number of rotatable bonds is 5. The maximum absolute atomic E-state index is 12.7. The monoisotopic (exact) mass is 294 g/mol. The Hall–Kier alpha value is -2.57. The van der Waals surface area contributed by atoms with Crippen LogP contribution in [-0.2, 0) is 4.74 Å². The van der Waals surface area contributed by atoms with Gasteiger partial charge in [-0.1, -0.05) is 35.7 Å². The van der Waals surface area contributed by atoms with Gasteiger partial charge in [0.15, 0.2) is 12.6 Å². The average Bonchev–Trinajstić information content (AvgIpc) is 2.53. The molecule has 0 aliphatic carbocycles. The van der Waals surface area contributed by atoms with Crippen LogP contribution in [0.15, 0.2) is 36.4 Å². The van der Waals surface area contributed by atoms with Crippen molar-refractivity contribution in [1.82, 2.24) is 0 Å². The highest BCUT2D eigenvalue weighted by atomic mass is 16.7. The first-order valence-corrected chi connectivity index (χ1v) is 6.91. The number of ketones is 1. The van der Waals surface area contributed by atoms with Crippen LogP contribution in [-0.4, -0.2) is 19.7 Å². The molecule has 0 amide bonds. The third-order valence-electron chi connectivity index (χ3n) is 3.37. The second kappa shape index (κ2) is 6.93. The van der Waals surface area contributed by atoms with Crippen molar-refractivity contribution in [3.8, 4) is 18.1 Å². The lowest BCUT2D eigenvalue weighted by molar-refractivity contribution is 0.0503. The Labute approximate surface area is 130 Å². The zero-order valence-corrected chi connectivity index (χ0v) is 13.0. The zero-order chi connectivity index (χ0) is 16.1. The lowest BCUT2D eigenvalue weighted by Crippen LogP contribution is -2.08. The minimum atomic E-state index is -0.123. The Morgan fingerprint density at radius 3 is 2.45 bits per heavy atom. The molecule has 0 aliphatic heterocycles. The van der Waals surface area contributed by atoms with Gasteiger partial charge in [0.1, 0.15) is 5.75 Å². The van der Waals surface area contributed by atoms with E-state index in [1.165, 1.54) is 7.11 Å². The number of methoxy groups -OCH3 is 1. The molecular formula is C19H18O3. The third-order valence-corrected chi connectivity index (χ3v) is 3.37. The van der Waals surface area contributed by atoms with Gasteiger partial charge in [0.25, 0.3) is 0 Å². The summed E-state index contributed by atoms with van der Waals surface area (Å²) < 4.78 is 10.4. The molecule has 3 heteroatoms. The lowest BCUT2D eigenvalue weighted by atomic mass is 9.97. The molecule has 22 heavy (non-hydrogen) atoms. The second-order valence-electron chi connectivity index (χ2n) is 5.05. The molecule has 0 radical (unpaired) electrons. The molecule has 0 aliphatic rings. The Morgan fingerprint density at radius 2 is 1.86 bits per heavy atom. The fourth-order valence-corrected chi connectivity index (χ4v) is 2.12. The molecule has 0 aromatic heterocycles. The lowest BCUT2D eigenvalue weighted by Gasteiger charge is -2.13. The van der Waals surface area contributed by atoms with E-state index in [2.05, 4.69) is 5.92 Å². The van der Waals surface area contributed by atoms with Crippen molar-refractivity contribution in [3.63, 3.8) is 0 Å². The predicted octanol–water partition coefficient (Wildman–Crippen LogP) is 3.50. The van der Waals surface area contributed by atoms with Crippen molar-refractivity contribution in [2.75, 3.05) is 13.9 Å². The molecule has 2 aromatic carbocycles. The van der Waals surface area contributed by atoms with Gasteiger partial charge in [-0.15, -0.1) is 6.42 Å². The maximum Gasteiger partial charge on any atom is 0.196 e. The highest BCUT2D eigenvalue weighted by Crippen LogP contribution is 2.26. The normalized spacial score (nSPS) is 10.1. The van der Waals surface area contributed by atoms with Crippen molar-refractivity contribution in [2.45, 2.75) is 13.8 Å². The molecular weight excluding hydrogens is 276 g/mol. The van der Waals surface area contributed by atoms with Crippen molar-refractivity contribution in [2.24, 2.45) is 0 Å². The summed E-state index contributed by atoms with van der Waals surface area (Å²) in [7, 11) is 1.53. The topological polar surface area (TPSA) is 35.5 Å². The number of carbonyl (C=O) groups excluding carboxylic acids is 1. The van der Waals surface area contributed by atoms with Gasteiger partial charge < -0.3 is 9.47 Å². The van der Waals surface area contributed by atoms with E-state index in [4.69, 9.17) is 15.9 Å². The smallest absolute Gasteiger partial charge is 0.196 e. The first-order valence-electron chi connectivity index (χ1n) is 6.91. The molecule has 0 N–H and O–H groups in total. The Morgan fingerprint density at radius 1 is 1.18 bits per heavy atom. The van der Waals surface area contributed by atoms with Gasteiger partial charge in [-0.25, -0.2) is 0 Å². The van der Waals surface area contributed by atoms with Crippen LogP contribution in [0.1, 0.15) is 32.6 Å². The molecule has 0 saturated carbocycles. The van der Waals surface area contributed by atoms with Gasteiger partial charge in [0.05, 0.1) is 5.56 Å². The average molecular weight is 294 g/mol. The molecule has 0 unspecified atom stereocenters. The summed E-state index contributed by atoms with van der Waals surface area (Å²) in [6.45, 7) is 3.93. The van der Waals surface area contributed by atoms with Gasteiger partial charge in [-0.2, -0.15) is 0 Å². The SMILES string of the molecule is C#Cc1cc(C(=O)c2ccc(C)cc2)c(OCOC)cc1C. The van der Waals surface area contributed by atoms with Crippen LogP contribution in [0.3, 0.4) is 0 Å². The van der Waals surface area contributed by atoms with Gasteiger partial charge in [0.2, 0.25) is 0 Å². The maximum atomic E-state index is 12.7. The van der Waals surface area contributed by atoms with E-state index < -0.39 is 0 Å². The molecule has 112 valence electrons. The second-order valence-corrected chi connectivity index (χ2v) is 5.05. The fourth-order valence-electron chi connectivity index (χ4n) is 2.12. The van der Waals surface area contributed by atoms with Crippen LogP contribution in [0, 0.1) is 26.2 Å². The number of ether oxygens (including phenoxy) is 2.